The van der Waals surface area contributed by atoms with Crippen molar-refractivity contribution in [2.75, 3.05) is 6.61 Å². The summed E-state index contributed by atoms with van der Waals surface area (Å²) in [5.74, 6) is 8.91. The molecule has 1 fully saturated rings. The summed E-state index contributed by atoms with van der Waals surface area (Å²) in [7, 11) is 0. The van der Waals surface area contributed by atoms with Crippen molar-refractivity contribution >= 4 is 6.08 Å². The molecule has 0 radical (unpaired) electrons. The van der Waals surface area contributed by atoms with E-state index in [0.717, 1.165) is 42.6 Å². The van der Waals surface area contributed by atoms with Crippen LogP contribution in [0.2, 0.25) is 0 Å². The molecule has 1 aliphatic carbocycles. The van der Waals surface area contributed by atoms with Gasteiger partial charge in [-0.3, -0.25) is 0 Å². The highest BCUT2D eigenvalue weighted by molar-refractivity contribution is 5.54. The van der Waals surface area contributed by atoms with Gasteiger partial charge in [-0.2, -0.15) is 0 Å². The van der Waals surface area contributed by atoms with Gasteiger partial charge in [0.05, 0.1) is 6.61 Å². The quantitative estimate of drug-likeness (QED) is 0.361. The van der Waals surface area contributed by atoms with E-state index in [-0.39, 0.29) is 0 Å². The fraction of sp³-hybridized carbons (Fsp3) is 0.520. The molecule has 1 saturated carbocycles. The van der Waals surface area contributed by atoms with Crippen molar-refractivity contribution in [3.63, 3.8) is 0 Å². The van der Waals surface area contributed by atoms with Gasteiger partial charge >= 0.3 is 0 Å². The standard InChI is InChI=1S/C25H34O/c1-3-5-21-26-25-19-17-24(18-20-25)12-9-7-6-8-11-23-15-13-22(10-4-2)14-16-23/h8-9,11-12,17-20,22-23H,3-5,10,13-16,21H2,1-2H3/b11-8+,12-9+/t22-,23-. The molecule has 0 aromatic heterocycles. The van der Waals surface area contributed by atoms with Gasteiger partial charge in [0.25, 0.3) is 0 Å². The summed E-state index contributed by atoms with van der Waals surface area (Å²) in [5.41, 5.74) is 1.15. The second kappa shape index (κ2) is 12.4. The number of benzene rings is 1. The SMILES string of the molecule is CCCCOc1ccc(/C=C/C#C/C=C/[C@H]2CC[C@H](CCC)CC2)cc1. The van der Waals surface area contributed by atoms with E-state index in [1.54, 1.807) is 0 Å². The smallest absolute Gasteiger partial charge is 0.119 e. The van der Waals surface area contributed by atoms with Crippen LogP contribution in [-0.4, -0.2) is 6.61 Å². The Morgan fingerprint density at radius 3 is 2.38 bits per heavy atom. The maximum Gasteiger partial charge on any atom is 0.119 e. The average molecular weight is 351 g/mol. The van der Waals surface area contributed by atoms with E-state index in [0.29, 0.717) is 0 Å². The van der Waals surface area contributed by atoms with Gasteiger partial charge in [-0.1, -0.05) is 63.2 Å². The van der Waals surface area contributed by atoms with E-state index in [2.05, 4.69) is 43.9 Å². The summed E-state index contributed by atoms with van der Waals surface area (Å²) in [6, 6.07) is 8.20. The molecule has 26 heavy (non-hydrogen) atoms. The third-order valence-corrected chi connectivity index (χ3v) is 5.13. The molecule has 0 heterocycles. The largest absolute Gasteiger partial charge is 0.494 e. The van der Waals surface area contributed by atoms with E-state index >= 15 is 0 Å². The van der Waals surface area contributed by atoms with Crippen LogP contribution in [0.3, 0.4) is 0 Å². The van der Waals surface area contributed by atoms with Crippen LogP contribution in [-0.2, 0) is 0 Å². The minimum absolute atomic E-state index is 0.738. The molecule has 0 bridgehead atoms. The number of allylic oxidation sites excluding steroid dienone is 3. The van der Waals surface area contributed by atoms with Crippen LogP contribution < -0.4 is 4.74 Å². The lowest BCUT2D eigenvalue weighted by Crippen LogP contribution is -2.12. The Morgan fingerprint density at radius 1 is 0.962 bits per heavy atom. The summed E-state index contributed by atoms with van der Waals surface area (Å²) in [6.07, 6.45) is 18.8. The third kappa shape index (κ3) is 7.96. The summed E-state index contributed by atoms with van der Waals surface area (Å²) in [4.78, 5) is 0. The van der Waals surface area contributed by atoms with Crippen LogP contribution >= 0.6 is 0 Å². The molecule has 1 aromatic rings. The predicted molar refractivity (Wildman–Crippen MR) is 113 cm³/mol. The molecule has 0 atom stereocenters. The van der Waals surface area contributed by atoms with Gasteiger partial charge in [0.2, 0.25) is 0 Å². The minimum Gasteiger partial charge on any atom is -0.494 e. The van der Waals surface area contributed by atoms with E-state index in [4.69, 9.17) is 4.74 Å². The highest BCUT2D eigenvalue weighted by Crippen LogP contribution is 2.31. The lowest BCUT2D eigenvalue weighted by Gasteiger charge is -2.26. The van der Waals surface area contributed by atoms with Crippen LogP contribution in [0.25, 0.3) is 6.08 Å². The van der Waals surface area contributed by atoms with Gasteiger partial charge in [0, 0.05) is 0 Å². The Bertz CT molecular complexity index is 604. The zero-order valence-electron chi connectivity index (χ0n) is 16.5. The normalized spacial score (nSPS) is 20.2. The van der Waals surface area contributed by atoms with Crippen LogP contribution in [0.5, 0.6) is 5.75 Å². The summed E-state index contributed by atoms with van der Waals surface area (Å²) in [6.45, 7) is 5.26. The maximum absolute atomic E-state index is 5.68. The summed E-state index contributed by atoms with van der Waals surface area (Å²) >= 11 is 0. The maximum atomic E-state index is 5.68. The lowest BCUT2D eigenvalue weighted by atomic mass is 9.80. The predicted octanol–water partition coefficient (Wildman–Crippen LogP) is 7.04. The number of unbranched alkanes of at least 4 members (excludes halogenated alkanes) is 1. The van der Waals surface area contributed by atoms with E-state index in [1.165, 1.54) is 38.5 Å². The highest BCUT2D eigenvalue weighted by Gasteiger charge is 2.18. The van der Waals surface area contributed by atoms with Gasteiger partial charge in [0.15, 0.2) is 0 Å². The van der Waals surface area contributed by atoms with Gasteiger partial charge < -0.3 is 4.74 Å². The molecule has 0 spiro atoms. The number of hydrogen-bond acceptors (Lipinski definition) is 1. The molecule has 1 nitrogen and oxygen atoms in total. The number of rotatable bonds is 8. The zero-order valence-corrected chi connectivity index (χ0v) is 16.5. The lowest BCUT2D eigenvalue weighted by molar-refractivity contribution is 0.294. The number of hydrogen-bond donors (Lipinski definition) is 0. The van der Waals surface area contributed by atoms with Crippen LogP contribution in [0.4, 0.5) is 0 Å². The van der Waals surface area contributed by atoms with Gasteiger partial charge in [-0.25, -0.2) is 0 Å². The minimum atomic E-state index is 0.738. The molecular formula is C25H34O. The Labute approximate surface area is 160 Å². The molecule has 1 aliphatic rings. The first-order valence-electron chi connectivity index (χ1n) is 10.4. The van der Waals surface area contributed by atoms with Crippen LogP contribution in [0.1, 0.15) is 70.8 Å². The third-order valence-electron chi connectivity index (χ3n) is 5.13. The summed E-state index contributed by atoms with van der Waals surface area (Å²) < 4.78 is 5.68. The molecule has 0 aliphatic heterocycles. The molecular weight excluding hydrogens is 316 g/mol. The molecule has 0 unspecified atom stereocenters. The zero-order chi connectivity index (χ0) is 18.5. The van der Waals surface area contributed by atoms with Crippen molar-refractivity contribution in [2.45, 2.75) is 65.2 Å². The fourth-order valence-electron chi connectivity index (χ4n) is 3.51. The topological polar surface area (TPSA) is 9.23 Å². The van der Waals surface area contributed by atoms with Crippen molar-refractivity contribution in [1.82, 2.24) is 0 Å². The highest BCUT2D eigenvalue weighted by atomic mass is 16.5. The average Bonchev–Trinajstić information content (AvgIpc) is 2.67. The molecule has 2 rings (SSSR count). The Hall–Kier alpha value is -1.94. The summed E-state index contributed by atoms with van der Waals surface area (Å²) in [5, 5.41) is 0. The molecule has 140 valence electrons. The Morgan fingerprint density at radius 2 is 1.69 bits per heavy atom. The van der Waals surface area contributed by atoms with Crippen molar-refractivity contribution in [2.24, 2.45) is 11.8 Å². The molecule has 0 saturated heterocycles. The van der Waals surface area contributed by atoms with E-state index in [9.17, 15) is 0 Å². The second-order valence-corrected chi connectivity index (χ2v) is 7.32. The molecule has 1 heteroatoms. The second-order valence-electron chi connectivity index (χ2n) is 7.32. The fourth-order valence-corrected chi connectivity index (χ4v) is 3.51. The van der Waals surface area contributed by atoms with Crippen LogP contribution in [0.15, 0.2) is 42.5 Å². The first-order chi connectivity index (χ1) is 12.8. The molecule has 0 N–H and O–H groups in total. The van der Waals surface area contributed by atoms with Crippen molar-refractivity contribution < 1.29 is 4.74 Å². The van der Waals surface area contributed by atoms with Crippen molar-refractivity contribution in [3.05, 3.63) is 48.1 Å². The van der Waals surface area contributed by atoms with Gasteiger partial charge in [0.1, 0.15) is 5.75 Å². The molecule has 1 aromatic carbocycles. The molecule has 0 amide bonds. The van der Waals surface area contributed by atoms with Crippen LogP contribution in [0, 0.1) is 23.7 Å². The van der Waals surface area contributed by atoms with E-state index in [1.807, 2.05) is 30.4 Å². The van der Waals surface area contributed by atoms with Gasteiger partial charge in [-0.05, 0) is 79.9 Å². The Balaban J connectivity index is 1.70. The van der Waals surface area contributed by atoms with Crippen molar-refractivity contribution in [1.29, 1.82) is 0 Å². The monoisotopic (exact) mass is 350 g/mol. The Kier molecular flexibility index (Phi) is 9.73. The van der Waals surface area contributed by atoms with E-state index < -0.39 is 0 Å². The first kappa shape index (κ1) is 20.4. The first-order valence-corrected chi connectivity index (χ1v) is 10.4. The van der Waals surface area contributed by atoms with Gasteiger partial charge in [-0.15, -0.1) is 0 Å². The number of ether oxygens (including phenoxy) is 1. The van der Waals surface area contributed by atoms with Crippen molar-refractivity contribution in [3.8, 4) is 17.6 Å².